The molecule has 1 aliphatic carbocycles. The van der Waals surface area contributed by atoms with E-state index < -0.39 is 0 Å². The van der Waals surface area contributed by atoms with Crippen molar-refractivity contribution in [2.75, 3.05) is 0 Å². The lowest BCUT2D eigenvalue weighted by atomic mass is 9.89. The summed E-state index contributed by atoms with van der Waals surface area (Å²) in [6, 6.07) is 10.3. The highest BCUT2D eigenvalue weighted by Gasteiger charge is 2.41. The Kier molecular flexibility index (Phi) is 9.54. The van der Waals surface area contributed by atoms with Crippen LogP contribution in [0.1, 0.15) is 31.7 Å². The monoisotopic (exact) mass is 412 g/mol. The van der Waals surface area contributed by atoms with Gasteiger partial charge in [-0.3, -0.25) is 4.79 Å². The molecular formula is C19H27O4P3. The van der Waals surface area contributed by atoms with Crippen molar-refractivity contribution in [3.8, 4) is 0 Å². The van der Waals surface area contributed by atoms with Crippen LogP contribution in [-0.4, -0.2) is 23.8 Å². The summed E-state index contributed by atoms with van der Waals surface area (Å²) in [6.45, 7) is 1.53. The quantitative estimate of drug-likeness (QED) is 0.425. The van der Waals surface area contributed by atoms with Gasteiger partial charge in [0.15, 0.2) is 0 Å². The predicted octanol–water partition coefficient (Wildman–Crippen LogP) is 4.30. The lowest BCUT2D eigenvalue weighted by Crippen LogP contribution is -2.21. The Balaban J connectivity index is 2.05. The van der Waals surface area contributed by atoms with Crippen LogP contribution in [0.3, 0.4) is 0 Å². The number of hydrogen-bond acceptors (Lipinski definition) is 4. The van der Waals surface area contributed by atoms with E-state index in [0.717, 1.165) is 12.8 Å². The third kappa shape index (κ3) is 6.59. The molecule has 1 aliphatic rings. The topological polar surface area (TPSA) is 52.6 Å². The highest BCUT2D eigenvalue weighted by Crippen LogP contribution is 2.36. The van der Waals surface area contributed by atoms with Crippen molar-refractivity contribution in [3.63, 3.8) is 0 Å². The summed E-state index contributed by atoms with van der Waals surface area (Å²) in [7, 11) is 5.17. The Hall–Kier alpha value is -0.490. The molecule has 7 heteroatoms. The van der Waals surface area contributed by atoms with Gasteiger partial charge in [0.25, 0.3) is 0 Å². The third-order valence-electron chi connectivity index (χ3n) is 4.72. The highest BCUT2D eigenvalue weighted by atomic mass is 32.0. The van der Waals surface area contributed by atoms with Crippen LogP contribution in [0.25, 0.3) is 0 Å². The van der Waals surface area contributed by atoms with Gasteiger partial charge in [-0.05, 0) is 25.3 Å². The number of hydrogen-bond donors (Lipinski definition) is 0. The van der Waals surface area contributed by atoms with Gasteiger partial charge >= 0.3 is 0 Å². The van der Waals surface area contributed by atoms with Crippen molar-refractivity contribution in [1.82, 2.24) is 0 Å². The van der Waals surface area contributed by atoms with E-state index in [1.54, 1.807) is 0 Å². The fourth-order valence-electron chi connectivity index (χ4n) is 3.40. The molecule has 0 spiro atoms. The van der Waals surface area contributed by atoms with Crippen LogP contribution in [0.2, 0.25) is 0 Å². The van der Waals surface area contributed by atoms with Crippen LogP contribution in [0.15, 0.2) is 42.5 Å². The first-order valence-electron chi connectivity index (χ1n) is 8.76. The summed E-state index contributed by atoms with van der Waals surface area (Å²) in [4.78, 5) is 23.8. The number of rotatable bonds is 10. The lowest BCUT2D eigenvalue weighted by molar-refractivity contribution is -0.125. The smallest absolute Gasteiger partial charge is 0.139 e. The SMILES string of the molecule is CC(=O)C[C@H]1C(=O)C[C@@H](OP)[C@@H]1/C=C/[C@H](CCc1ccccc1)OPP. The summed E-state index contributed by atoms with van der Waals surface area (Å²) in [5.41, 5.74) is 1.28. The van der Waals surface area contributed by atoms with Gasteiger partial charge in [0.05, 0.1) is 12.2 Å². The zero-order valence-corrected chi connectivity index (χ0v) is 18.3. The second-order valence-electron chi connectivity index (χ2n) is 6.62. The van der Waals surface area contributed by atoms with E-state index in [1.807, 2.05) is 30.4 Å². The molecule has 1 fully saturated rings. The average molecular weight is 412 g/mol. The molecule has 4 nitrogen and oxygen atoms in total. The first-order chi connectivity index (χ1) is 12.5. The van der Waals surface area contributed by atoms with Gasteiger partial charge in [-0.1, -0.05) is 51.4 Å². The van der Waals surface area contributed by atoms with Crippen molar-refractivity contribution in [1.29, 1.82) is 0 Å². The zero-order chi connectivity index (χ0) is 18.9. The van der Waals surface area contributed by atoms with E-state index in [9.17, 15) is 9.59 Å². The number of Topliss-reactive ketones (excluding diaryl/α,β-unsaturated/α-hetero) is 2. The standard InChI is InChI=1S/C19H27O4P3/c1-13(20)11-17-16(19(22-24)12-18(17)21)10-9-15(23-26-25)8-7-14-5-3-2-4-6-14/h2-6,9-10,15-17,19,26H,7-8,11-12,24-25H2,1H3/b10-9+/t15-,16+,17+,19+/m0/s1. The molecule has 0 heterocycles. The number of aryl methyl sites for hydroxylation is 1. The Morgan fingerprint density at radius 1 is 1.38 bits per heavy atom. The largest absolute Gasteiger partial charge is 0.361 e. The van der Waals surface area contributed by atoms with Gasteiger partial charge in [0.2, 0.25) is 0 Å². The highest BCUT2D eigenvalue weighted by molar-refractivity contribution is 8.00. The summed E-state index contributed by atoms with van der Waals surface area (Å²) >= 11 is 0. The molecule has 7 atom stereocenters. The zero-order valence-electron chi connectivity index (χ0n) is 15.0. The second kappa shape index (κ2) is 11.4. The first kappa shape index (κ1) is 21.8. The molecule has 0 aliphatic heterocycles. The van der Waals surface area contributed by atoms with Crippen LogP contribution in [0.5, 0.6) is 0 Å². The molecule has 0 amide bonds. The van der Waals surface area contributed by atoms with Gasteiger partial charge in [-0.25, -0.2) is 0 Å². The lowest BCUT2D eigenvalue weighted by Gasteiger charge is -2.20. The number of carbonyl (C=O) groups is 2. The molecule has 2 rings (SSSR count). The van der Waals surface area contributed by atoms with Crippen molar-refractivity contribution in [3.05, 3.63) is 48.0 Å². The summed E-state index contributed by atoms with van der Waals surface area (Å²) < 4.78 is 11.3. The van der Waals surface area contributed by atoms with Crippen LogP contribution in [-0.2, 0) is 25.1 Å². The molecule has 1 aromatic rings. The Labute approximate surface area is 162 Å². The minimum absolute atomic E-state index is 0.0233. The van der Waals surface area contributed by atoms with E-state index in [2.05, 4.69) is 30.5 Å². The van der Waals surface area contributed by atoms with Crippen molar-refractivity contribution >= 4 is 38.5 Å². The minimum Gasteiger partial charge on any atom is -0.361 e. The van der Waals surface area contributed by atoms with Crippen molar-refractivity contribution in [2.24, 2.45) is 11.8 Å². The van der Waals surface area contributed by atoms with Crippen LogP contribution in [0.4, 0.5) is 0 Å². The fourth-order valence-corrected chi connectivity index (χ4v) is 4.58. The predicted molar refractivity (Wildman–Crippen MR) is 113 cm³/mol. The van der Waals surface area contributed by atoms with E-state index in [-0.39, 0.29) is 42.0 Å². The van der Waals surface area contributed by atoms with Gasteiger partial charge in [-0.15, -0.1) is 0 Å². The van der Waals surface area contributed by atoms with Crippen LogP contribution >= 0.6 is 26.9 Å². The molecule has 142 valence electrons. The fraction of sp³-hybridized carbons (Fsp3) is 0.474. The van der Waals surface area contributed by atoms with E-state index in [0.29, 0.717) is 14.9 Å². The molecule has 1 saturated carbocycles. The molecule has 0 aromatic heterocycles. The molecule has 3 unspecified atom stereocenters. The maximum Gasteiger partial charge on any atom is 0.139 e. The summed E-state index contributed by atoms with van der Waals surface area (Å²) in [6.07, 6.45) is 6.27. The molecule has 0 bridgehead atoms. The number of carbonyl (C=O) groups excluding carboxylic acids is 2. The molecule has 0 saturated heterocycles. The maximum absolute atomic E-state index is 12.3. The van der Waals surface area contributed by atoms with Crippen molar-refractivity contribution in [2.45, 2.75) is 44.8 Å². The Morgan fingerprint density at radius 2 is 2.12 bits per heavy atom. The first-order valence-corrected chi connectivity index (χ1v) is 11.9. The molecule has 1 aromatic carbocycles. The molecule has 0 N–H and O–H groups in total. The van der Waals surface area contributed by atoms with Gasteiger partial charge in [0, 0.05) is 42.6 Å². The van der Waals surface area contributed by atoms with Crippen LogP contribution in [0, 0.1) is 11.8 Å². The average Bonchev–Trinajstić information content (AvgIpc) is 2.93. The molecule has 26 heavy (non-hydrogen) atoms. The third-order valence-corrected chi connectivity index (χ3v) is 5.92. The Morgan fingerprint density at radius 3 is 2.73 bits per heavy atom. The van der Waals surface area contributed by atoms with Gasteiger partial charge in [-0.2, -0.15) is 0 Å². The molecular weight excluding hydrogens is 385 g/mol. The Bertz CT molecular complexity index is 620. The van der Waals surface area contributed by atoms with E-state index >= 15 is 0 Å². The molecule has 0 radical (unpaired) electrons. The normalized spacial score (nSPS) is 24.7. The van der Waals surface area contributed by atoms with Crippen molar-refractivity contribution < 1.29 is 18.6 Å². The summed E-state index contributed by atoms with van der Waals surface area (Å²) in [5, 5.41) is 0. The van der Waals surface area contributed by atoms with Gasteiger partial charge in [0.1, 0.15) is 11.6 Å². The minimum atomic E-state index is -0.289. The number of ketones is 2. The second-order valence-corrected chi connectivity index (χ2v) is 8.07. The maximum atomic E-state index is 12.3. The van der Waals surface area contributed by atoms with Crippen LogP contribution < -0.4 is 0 Å². The number of benzene rings is 1. The van der Waals surface area contributed by atoms with E-state index in [1.165, 1.54) is 12.5 Å². The van der Waals surface area contributed by atoms with Gasteiger partial charge < -0.3 is 13.8 Å². The summed E-state index contributed by atoms with van der Waals surface area (Å²) in [5.74, 6) is -0.228. The van der Waals surface area contributed by atoms with E-state index in [4.69, 9.17) is 9.05 Å².